The number of anilines is 1. The Morgan fingerprint density at radius 3 is 3.05 bits per heavy atom. The number of hydrogen-bond donors (Lipinski definition) is 2. The van der Waals surface area contributed by atoms with E-state index in [4.69, 9.17) is 27.4 Å². The van der Waals surface area contributed by atoms with Crippen LogP contribution in [0.4, 0.5) is 5.69 Å². The molecule has 0 spiro atoms. The van der Waals surface area contributed by atoms with Crippen LogP contribution in [-0.4, -0.2) is 31.9 Å². The summed E-state index contributed by atoms with van der Waals surface area (Å²) in [5.41, 5.74) is 7.52. The van der Waals surface area contributed by atoms with E-state index < -0.39 is 0 Å². The number of nitrogens with two attached hydrogens (primary N) is 1. The van der Waals surface area contributed by atoms with Crippen molar-refractivity contribution in [3.8, 4) is 5.75 Å². The van der Waals surface area contributed by atoms with E-state index >= 15 is 0 Å². The minimum atomic E-state index is 0.394. The summed E-state index contributed by atoms with van der Waals surface area (Å²) >= 11 is 5.07. The fraction of sp³-hybridized carbons (Fsp3) is 0.500. The lowest BCUT2D eigenvalue weighted by molar-refractivity contribution is 0.0595. The smallest absolute Gasteiger partial charge is 0.120 e. The molecule has 1 aromatic rings. The van der Waals surface area contributed by atoms with Gasteiger partial charge in [-0.25, -0.2) is 0 Å². The highest BCUT2D eigenvalue weighted by Gasteiger charge is 2.15. The van der Waals surface area contributed by atoms with E-state index in [2.05, 4.69) is 5.32 Å². The zero-order valence-electron chi connectivity index (χ0n) is 11.1. The van der Waals surface area contributed by atoms with E-state index in [0.29, 0.717) is 10.9 Å². The molecular formula is C14H20N2O2S. The number of benzene rings is 1. The molecule has 1 aliphatic rings. The molecule has 1 unspecified atom stereocenters. The maximum absolute atomic E-state index is 5.74. The van der Waals surface area contributed by atoms with Gasteiger partial charge in [0, 0.05) is 30.5 Å². The van der Waals surface area contributed by atoms with Gasteiger partial charge in [0.2, 0.25) is 0 Å². The summed E-state index contributed by atoms with van der Waals surface area (Å²) < 4.78 is 10.7. The first-order chi connectivity index (χ1) is 9.20. The normalized spacial score (nSPS) is 18.9. The molecule has 1 atom stereocenters. The summed E-state index contributed by atoms with van der Waals surface area (Å²) in [6.45, 7) is 2.57. The van der Waals surface area contributed by atoms with Crippen molar-refractivity contribution in [1.82, 2.24) is 0 Å². The van der Waals surface area contributed by atoms with Crippen molar-refractivity contribution in [3.05, 3.63) is 23.8 Å². The summed E-state index contributed by atoms with van der Waals surface area (Å²) in [6, 6.07) is 5.68. The summed E-state index contributed by atoms with van der Waals surface area (Å²) in [7, 11) is 1.65. The van der Waals surface area contributed by atoms with Crippen LogP contribution in [0, 0.1) is 5.92 Å². The molecule has 1 saturated heterocycles. The standard InChI is InChI=1S/C14H20N2O2S/c1-17-11-4-5-12(14(15)19)13(7-11)16-8-10-3-2-6-18-9-10/h4-5,7,10,16H,2-3,6,8-9H2,1H3,(H2,15,19). The second kappa shape index (κ2) is 6.73. The van der Waals surface area contributed by atoms with Crippen LogP contribution in [0.15, 0.2) is 18.2 Å². The van der Waals surface area contributed by atoms with Crippen LogP contribution in [0.2, 0.25) is 0 Å². The van der Waals surface area contributed by atoms with Gasteiger partial charge in [-0.1, -0.05) is 12.2 Å². The van der Waals surface area contributed by atoms with E-state index in [9.17, 15) is 0 Å². The average Bonchev–Trinajstić information content (AvgIpc) is 2.45. The number of rotatable bonds is 5. The van der Waals surface area contributed by atoms with Crippen LogP contribution < -0.4 is 15.8 Å². The minimum Gasteiger partial charge on any atom is -0.497 e. The number of thiocarbonyl (C=S) groups is 1. The van der Waals surface area contributed by atoms with Crippen molar-refractivity contribution in [2.45, 2.75) is 12.8 Å². The van der Waals surface area contributed by atoms with Crippen molar-refractivity contribution in [3.63, 3.8) is 0 Å². The van der Waals surface area contributed by atoms with Gasteiger partial charge in [0.1, 0.15) is 10.7 Å². The number of nitrogens with one attached hydrogen (secondary N) is 1. The van der Waals surface area contributed by atoms with Crippen LogP contribution in [-0.2, 0) is 4.74 Å². The number of hydrogen-bond acceptors (Lipinski definition) is 4. The van der Waals surface area contributed by atoms with Crippen LogP contribution in [0.3, 0.4) is 0 Å². The molecule has 19 heavy (non-hydrogen) atoms. The second-order valence-electron chi connectivity index (χ2n) is 4.74. The van der Waals surface area contributed by atoms with Crippen molar-refractivity contribution < 1.29 is 9.47 Å². The molecule has 2 rings (SSSR count). The fourth-order valence-corrected chi connectivity index (χ4v) is 2.41. The van der Waals surface area contributed by atoms with Crippen molar-refractivity contribution in [1.29, 1.82) is 0 Å². The number of ether oxygens (including phenoxy) is 2. The maximum Gasteiger partial charge on any atom is 0.120 e. The van der Waals surface area contributed by atoms with Gasteiger partial charge >= 0.3 is 0 Å². The largest absolute Gasteiger partial charge is 0.497 e. The Labute approximate surface area is 119 Å². The van der Waals surface area contributed by atoms with E-state index in [1.165, 1.54) is 6.42 Å². The Hall–Kier alpha value is -1.33. The molecule has 0 aliphatic carbocycles. The highest BCUT2D eigenvalue weighted by atomic mass is 32.1. The summed E-state index contributed by atoms with van der Waals surface area (Å²) in [5.74, 6) is 1.33. The average molecular weight is 280 g/mol. The predicted molar refractivity (Wildman–Crippen MR) is 80.9 cm³/mol. The Bertz CT molecular complexity index is 445. The second-order valence-corrected chi connectivity index (χ2v) is 5.18. The van der Waals surface area contributed by atoms with Gasteiger partial charge in [0.15, 0.2) is 0 Å². The van der Waals surface area contributed by atoms with Gasteiger partial charge < -0.3 is 20.5 Å². The molecular weight excluding hydrogens is 260 g/mol. The van der Waals surface area contributed by atoms with Crippen LogP contribution in [0.25, 0.3) is 0 Å². The Balaban J connectivity index is 2.06. The highest BCUT2D eigenvalue weighted by molar-refractivity contribution is 7.80. The van der Waals surface area contributed by atoms with E-state index in [1.54, 1.807) is 7.11 Å². The van der Waals surface area contributed by atoms with E-state index in [0.717, 1.165) is 43.2 Å². The zero-order valence-corrected chi connectivity index (χ0v) is 12.0. The zero-order chi connectivity index (χ0) is 13.7. The van der Waals surface area contributed by atoms with Gasteiger partial charge in [-0.2, -0.15) is 0 Å². The first-order valence-corrected chi connectivity index (χ1v) is 6.91. The van der Waals surface area contributed by atoms with Crippen LogP contribution in [0.1, 0.15) is 18.4 Å². The van der Waals surface area contributed by atoms with Gasteiger partial charge in [-0.05, 0) is 30.9 Å². The lowest BCUT2D eigenvalue weighted by Gasteiger charge is -2.23. The Kier molecular flexibility index (Phi) is 4.99. The molecule has 1 aliphatic heterocycles. The molecule has 0 bridgehead atoms. The minimum absolute atomic E-state index is 0.394. The summed E-state index contributed by atoms with van der Waals surface area (Å²) in [4.78, 5) is 0.394. The molecule has 0 aromatic heterocycles. The fourth-order valence-electron chi connectivity index (χ4n) is 2.23. The molecule has 1 heterocycles. The molecule has 0 radical (unpaired) electrons. The SMILES string of the molecule is COc1ccc(C(N)=S)c(NCC2CCCOC2)c1. The number of methoxy groups -OCH3 is 1. The Morgan fingerprint density at radius 2 is 2.42 bits per heavy atom. The molecule has 5 heteroatoms. The Morgan fingerprint density at radius 1 is 1.58 bits per heavy atom. The molecule has 4 nitrogen and oxygen atoms in total. The topological polar surface area (TPSA) is 56.5 Å². The predicted octanol–water partition coefficient (Wildman–Crippen LogP) is 2.17. The first kappa shape index (κ1) is 14.1. The third kappa shape index (κ3) is 3.81. The first-order valence-electron chi connectivity index (χ1n) is 6.50. The highest BCUT2D eigenvalue weighted by Crippen LogP contribution is 2.23. The molecule has 104 valence electrons. The quantitative estimate of drug-likeness (QED) is 0.810. The summed E-state index contributed by atoms with van der Waals surface area (Å²) in [5, 5.41) is 3.41. The lowest BCUT2D eigenvalue weighted by Crippen LogP contribution is -2.25. The third-order valence-electron chi connectivity index (χ3n) is 3.33. The lowest BCUT2D eigenvalue weighted by atomic mass is 10.0. The van der Waals surface area contributed by atoms with Crippen molar-refractivity contribution >= 4 is 22.9 Å². The molecule has 1 aromatic carbocycles. The van der Waals surface area contributed by atoms with Crippen LogP contribution >= 0.6 is 12.2 Å². The molecule has 3 N–H and O–H groups in total. The van der Waals surface area contributed by atoms with Gasteiger partial charge in [-0.15, -0.1) is 0 Å². The molecule has 1 fully saturated rings. The monoisotopic (exact) mass is 280 g/mol. The van der Waals surface area contributed by atoms with Crippen molar-refractivity contribution in [2.75, 3.05) is 32.2 Å². The molecule has 0 saturated carbocycles. The van der Waals surface area contributed by atoms with Crippen LogP contribution in [0.5, 0.6) is 5.75 Å². The van der Waals surface area contributed by atoms with E-state index in [-0.39, 0.29) is 0 Å². The summed E-state index contributed by atoms with van der Waals surface area (Å²) in [6.07, 6.45) is 2.33. The van der Waals surface area contributed by atoms with Crippen molar-refractivity contribution in [2.24, 2.45) is 11.7 Å². The van der Waals surface area contributed by atoms with Gasteiger partial charge in [0.05, 0.1) is 13.7 Å². The molecule has 0 amide bonds. The maximum atomic E-state index is 5.74. The third-order valence-corrected chi connectivity index (χ3v) is 3.55. The van der Waals surface area contributed by atoms with Gasteiger partial charge in [-0.3, -0.25) is 0 Å². The van der Waals surface area contributed by atoms with Gasteiger partial charge in [0.25, 0.3) is 0 Å². The van der Waals surface area contributed by atoms with E-state index in [1.807, 2.05) is 18.2 Å².